The van der Waals surface area contributed by atoms with Gasteiger partial charge in [0.1, 0.15) is 0 Å². The van der Waals surface area contributed by atoms with E-state index >= 15 is 0 Å². The average molecular weight is 326 g/mol. The minimum absolute atomic E-state index is 0.0949. The van der Waals surface area contributed by atoms with Crippen molar-refractivity contribution in [3.05, 3.63) is 59.4 Å². The highest BCUT2D eigenvalue weighted by atomic mass is 16.7. The minimum Gasteiger partial charge on any atom is -0.491 e. The molecule has 7 heteroatoms. The van der Waals surface area contributed by atoms with Crippen molar-refractivity contribution in [3.63, 3.8) is 0 Å². The first-order valence-electron chi connectivity index (χ1n) is 7.41. The molecular weight excluding hydrogens is 312 g/mol. The zero-order valence-corrected chi connectivity index (χ0v) is 12.9. The van der Waals surface area contributed by atoms with Crippen molar-refractivity contribution < 1.29 is 24.0 Å². The maximum Gasteiger partial charge on any atom is 0.385 e. The number of aromatic nitrogens is 1. The standard InChI is InChI=1S/C17H14N2O5/c1-2-10-23-13-8-5-9-18-14(13)17(22)24-19-15(20)11-6-3-4-7-12(11)16(19)21/h3-9H,2,10H2,1H3. The molecule has 0 atom stereocenters. The van der Waals surface area contributed by atoms with E-state index < -0.39 is 17.8 Å². The number of carbonyl (C=O) groups excluding carboxylic acids is 3. The molecule has 0 N–H and O–H groups in total. The highest BCUT2D eigenvalue weighted by molar-refractivity contribution is 6.21. The third-order valence-electron chi connectivity index (χ3n) is 3.36. The fraction of sp³-hybridized carbons (Fsp3) is 0.176. The largest absolute Gasteiger partial charge is 0.491 e. The van der Waals surface area contributed by atoms with Gasteiger partial charge in [0.25, 0.3) is 11.8 Å². The zero-order chi connectivity index (χ0) is 17.1. The molecule has 122 valence electrons. The molecule has 0 saturated heterocycles. The van der Waals surface area contributed by atoms with Crippen molar-refractivity contribution in [3.8, 4) is 5.75 Å². The quantitative estimate of drug-likeness (QED) is 0.783. The molecule has 0 fully saturated rings. The third kappa shape index (κ3) is 2.71. The van der Waals surface area contributed by atoms with Crippen LogP contribution in [0, 0.1) is 0 Å². The Kier molecular flexibility index (Phi) is 4.24. The first-order valence-corrected chi connectivity index (χ1v) is 7.41. The maximum absolute atomic E-state index is 12.3. The number of pyridine rings is 1. The summed E-state index contributed by atoms with van der Waals surface area (Å²) in [7, 11) is 0. The molecular formula is C17H14N2O5. The number of hydroxylamine groups is 2. The van der Waals surface area contributed by atoms with Gasteiger partial charge in [-0.05, 0) is 30.7 Å². The van der Waals surface area contributed by atoms with E-state index in [0.29, 0.717) is 11.7 Å². The molecule has 2 heterocycles. The van der Waals surface area contributed by atoms with Gasteiger partial charge in [-0.3, -0.25) is 9.59 Å². The molecule has 0 saturated carbocycles. The predicted octanol–water partition coefficient (Wildman–Crippen LogP) is 2.24. The van der Waals surface area contributed by atoms with Gasteiger partial charge in [0.05, 0.1) is 17.7 Å². The molecule has 2 amide bonds. The molecule has 1 aromatic heterocycles. The summed E-state index contributed by atoms with van der Waals surface area (Å²) in [6, 6.07) is 9.45. The Hall–Kier alpha value is -3.22. The molecule has 0 spiro atoms. The number of hydrogen-bond donors (Lipinski definition) is 0. The van der Waals surface area contributed by atoms with Gasteiger partial charge in [-0.2, -0.15) is 0 Å². The number of hydrogen-bond acceptors (Lipinski definition) is 6. The average Bonchev–Trinajstić information content (AvgIpc) is 2.85. The normalized spacial score (nSPS) is 13.0. The van der Waals surface area contributed by atoms with Crippen molar-refractivity contribution in [2.45, 2.75) is 13.3 Å². The SMILES string of the molecule is CCCOc1cccnc1C(=O)ON1C(=O)c2ccccc2C1=O. The summed E-state index contributed by atoms with van der Waals surface area (Å²) < 4.78 is 5.44. The topological polar surface area (TPSA) is 85.8 Å². The van der Waals surface area contributed by atoms with Gasteiger partial charge in [-0.15, -0.1) is 0 Å². The minimum atomic E-state index is -0.934. The number of carbonyl (C=O) groups is 3. The van der Waals surface area contributed by atoms with E-state index in [2.05, 4.69) is 4.98 Å². The number of benzene rings is 1. The summed E-state index contributed by atoms with van der Waals surface area (Å²) in [6.45, 7) is 2.33. The summed E-state index contributed by atoms with van der Waals surface area (Å²) in [6.07, 6.45) is 2.15. The second kappa shape index (κ2) is 6.49. The van der Waals surface area contributed by atoms with Crippen molar-refractivity contribution in [1.29, 1.82) is 0 Å². The Labute approximate surface area is 137 Å². The van der Waals surface area contributed by atoms with Crippen LogP contribution in [0.25, 0.3) is 0 Å². The summed E-state index contributed by atoms with van der Waals surface area (Å²) in [4.78, 5) is 45.6. The molecule has 2 aromatic rings. The Morgan fingerprint density at radius 1 is 1.08 bits per heavy atom. The molecule has 0 radical (unpaired) electrons. The third-order valence-corrected chi connectivity index (χ3v) is 3.36. The van der Waals surface area contributed by atoms with Crippen LogP contribution >= 0.6 is 0 Å². The fourth-order valence-electron chi connectivity index (χ4n) is 2.25. The summed E-state index contributed by atoms with van der Waals surface area (Å²) in [5.41, 5.74) is 0.292. The van der Waals surface area contributed by atoms with Gasteiger partial charge in [-0.25, -0.2) is 9.78 Å². The van der Waals surface area contributed by atoms with Gasteiger partial charge in [-0.1, -0.05) is 24.1 Å². The molecule has 0 unspecified atom stereocenters. The second-order valence-corrected chi connectivity index (χ2v) is 5.03. The van der Waals surface area contributed by atoms with Crippen molar-refractivity contribution in [2.75, 3.05) is 6.61 Å². The summed E-state index contributed by atoms with van der Waals surface area (Å²) in [5, 5.41) is 0.450. The molecule has 0 aliphatic carbocycles. The van der Waals surface area contributed by atoms with E-state index in [1.54, 1.807) is 24.3 Å². The Morgan fingerprint density at radius 2 is 1.75 bits per heavy atom. The van der Waals surface area contributed by atoms with Gasteiger partial charge in [0.2, 0.25) is 0 Å². The van der Waals surface area contributed by atoms with Crippen LogP contribution in [0.4, 0.5) is 0 Å². The number of ether oxygens (including phenoxy) is 1. The second-order valence-electron chi connectivity index (χ2n) is 5.03. The number of amides is 2. The van der Waals surface area contributed by atoms with Crippen LogP contribution < -0.4 is 4.74 Å². The molecule has 0 bridgehead atoms. The molecule has 7 nitrogen and oxygen atoms in total. The Bertz CT molecular complexity index is 783. The van der Waals surface area contributed by atoms with Crippen LogP contribution in [0.1, 0.15) is 44.5 Å². The van der Waals surface area contributed by atoms with Gasteiger partial charge >= 0.3 is 5.97 Å². The lowest BCUT2D eigenvalue weighted by Gasteiger charge is -2.14. The highest BCUT2D eigenvalue weighted by Crippen LogP contribution is 2.24. The molecule has 1 aliphatic rings. The van der Waals surface area contributed by atoms with Crippen LogP contribution in [0.3, 0.4) is 0 Å². The molecule has 1 aromatic carbocycles. The Balaban J connectivity index is 1.82. The zero-order valence-electron chi connectivity index (χ0n) is 12.9. The van der Waals surface area contributed by atoms with E-state index in [1.165, 1.54) is 18.3 Å². The fourth-order valence-corrected chi connectivity index (χ4v) is 2.25. The van der Waals surface area contributed by atoms with Crippen LogP contribution in [0.5, 0.6) is 5.75 Å². The summed E-state index contributed by atoms with van der Waals surface area (Å²) in [5.74, 6) is -2.07. The van der Waals surface area contributed by atoms with E-state index in [-0.39, 0.29) is 22.6 Å². The van der Waals surface area contributed by atoms with E-state index in [4.69, 9.17) is 9.57 Å². The van der Waals surface area contributed by atoms with Crippen molar-refractivity contribution >= 4 is 17.8 Å². The van der Waals surface area contributed by atoms with Crippen molar-refractivity contribution in [1.82, 2.24) is 10.0 Å². The molecule has 24 heavy (non-hydrogen) atoms. The lowest BCUT2D eigenvalue weighted by atomic mass is 10.1. The highest BCUT2D eigenvalue weighted by Gasteiger charge is 2.39. The van der Waals surface area contributed by atoms with Gasteiger partial charge < -0.3 is 9.57 Å². The van der Waals surface area contributed by atoms with E-state index in [0.717, 1.165) is 6.42 Å². The predicted molar refractivity (Wildman–Crippen MR) is 82.4 cm³/mol. The monoisotopic (exact) mass is 326 g/mol. The lowest BCUT2D eigenvalue weighted by molar-refractivity contribution is -0.0590. The Morgan fingerprint density at radius 3 is 2.38 bits per heavy atom. The number of nitrogens with zero attached hydrogens (tertiary/aromatic N) is 2. The van der Waals surface area contributed by atoms with E-state index in [9.17, 15) is 14.4 Å². The van der Waals surface area contributed by atoms with Crippen LogP contribution in [0.15, 0.2) is 42.6 Å². The number of fused-ring (bicyclic) bond motifs is 1. The van der Waals surface area contributed by atoms with Crippen molar-refractivity contribution in [2.24, 2.45) is 0 Å². The van der Waals surface area contributed by atoms with Crippen LogP contribution in [0.2, 0.25) is 0 Å². The number of rotatable bonds is 5. The van der Waals surface area contributed by atoms with Crippen LogP contribution in [-0.4, -0.2) is 34.4 Å². The smallest absolute Gasteiger partial charge is 0.385 e. The number of imide groups is 1. The summed E-state index contributed by atoms with van der Waals surface area (Å²) >= 11 is 0. The lowest BCUT2D eigenvalue weighted by Crippen LogP contribution is -2.33. The van der Waals surface area contributed by atoms with Gasteiger partial charge in [0.15, 0.2) is 11.4 Å². The maximum atomic E-state index is 12.3. The molecule has 1 aliphatic heterocycles. The first kappa shape index (κ1) is 15.7. The van der Waals surface area contributed by atoms with Crippen LogP contribution in [-0.2, 0) is 4.84 Å². The van der Waals surface area contributed by atoms with E-state index in [1.807, 2.05) is 6.92 Å². The first-order chi connectivity index (χ1) is 11.6. The van der Waals surface area contributed by atoms with Gasteiger partial charge in [0, 0.05) is 6.20 Å². The molecule has 3 rings (SSSR count).